The molecule has 11 aromatic rings. The van der Waals surface area contributed by atoms with Gasteiger partial charge in [0.1, 0.15) is 0 Å². The van der Waals surface area contributed by atoms with Gasteiger partial charge in [0.25, 0.3) is 6.71 Å². The smallest absolute Gasteiger partial charge is 0.252 e. The molecule has 0 aromatic heterocycles. The average molecular weight is 1490 g/mol. The number of hydrogen-bond donors (Lipinski definition) is 0. The van der Waals surface area contributed by atoms with Crippen LogP contribution in [0.15, 0.2) is 289 Å². The van der Waals surface area contributed by atoms with Gasteiger partial charge in [-0.15, -0.1) is 0 Å². The van der Waals surface area contributed by atoms with Crippen molar-refractivity contribution >= 4 is 79.3 Å². The van der Waals surface area contributed by atoms with Crippen LogP contribution in [-0.2, 0) is 18.3 Å². The van der Waals surface area contributed by atoms with Crippen molar-refractivity contribution < 1.29 is 0 Å². The highest BCUT2D eigenvalue weighted by Gasteiger charge is 2.52. The van der Waals surface area contributed by atoms with E-state index in [1.54, 1.807) is 27.6 Å². The van der Waals surface area contributed by atoms with Gasteiger partial charge in [0.2, 0.25) is 0 Å². The summed E-state index contributed by atoms with van der Waals surface area (Å²) >= 11 is 0. The molecule has 5 unspecified atom stereocenters. The van der Waals surface area contributed by atoms with Crippen molar-refractivity contribution in [1.29, 1.82) is 0 Å². The van der Waals surface area contributed by atoms with E-state index in [4.69, 9.17) is 0 Å². The van der Waals surface area contributed by atoms with Gasteiger partial charge in [0, 0.05) is 74.6 Å². The quantitative estimate of drug-likeness (QED) is 0.133. The Morgan fingerprint density at radius 3 is 1.48 bits per heavy atom. The van der Waals surface area contributed by atoms with E-state index in [2.05, 4.69) is 359 Å². The molecule has 3 nitrogen and oxygen atoms in total. The molecule has 2 saturated heterocycles. The Morgan fingerprint density at radius 1 is 0.417 bits per heavy atom. The van der Waals surface area contributed by atoms with Crippen LogP contribution >= 0.6 is 0 Å². The minimum Gasteiger partial charge on any atom is -0.365 e. The molecular weight excluding hydrogens is 1390 g/mol. The average Bonchev–Trinajstić information content (AvgIpc) is 0.688. The van der Waals surface area contributed by atoms with Crippen LogP contribution in [-0.4, -0.2) is 18.8 Å². The number of aryl methyl sites for hydroxylation is 1. The molecule has 23 rings (SSSR count). The summed E-state index contributed by atoms with van der Waals surface area (Å²) in [5, 5.41) is 2.98. The fourth-order valence-corrected chi connectivity index (χ4v) is 24.2. The lowest BCUT2D eigenvalue weighted by atomic mass is 9.33. The van der Waals surface area contributed by atoms with Crippen LogP contribution in [0.3, 0.4) is 0 Å². The van der Waals surface area contributed by atoms with E-state index in [0.29, 0.717) is 35.8 Å². The zero-order valence-electron chi connectivity index (χ0n) is 69.5. The summed E-state index contributed by atoms with van der Waals surface area (Å²) in [7, 11) is 0. The molecule has 5 atom stereocenters. The number of para-hydroxylation sites is 2. The van der Waals surface area contributed by atoms with E-state index >= 15 is 0 Å². The van der Waals surface area contributed by atoms with E-state index in [1.807, 2.05) is 0 Å². The first kappa shape index (κ1) is 71.2. The largest absolute Gasteiger partial charge is 0.365 e. The molecule has 12 aliphatic rings. The molecule has 570 valence electrons. The van der Waals surface area contributed by atoms with Gasteiger partial charge < -0.3 is 14.7 Å². The van der Waals surface area contributed by atoms with Gasteiger partial charge in [-0.1, -0.05) is 319 Å². The Labute approximate surface area is 684 Å². The summed E-state index contributed by atoms with van der Waals surface area (Å²) < 4.78 is 0. The second-order valence-corrected chi connectivity index (χ2v) is 40.7. The Morgan fingerprint density at radius 2 is 0.957 bits per heavy atom. The molecule has 0 radical (unpaired) electrons. The molecular formula is C111H108BN3. The summed E-state index contributed by atoms with van der Waals surface area (Å²) in [4.78, 5) is 8.67. The van der Waals surface area contributed by atoms with E-state index in [-0.39, 0.29) is 34.3 Å². The van der Waals surface area contributed by atoms with Crippen molar-refractivity contribution in [2.75, 3.05) is 14.7 Å². The van der Waals surface area contributed by atoms with E-state index in [1.165, 1.54) is 201 Å². The highest BCUT2D eigenvalue weighted by Crippen LogP contribution is 2.61. The normalized spacial score (nSPS) is 23.3. The van der Waals surface area contributed by atoms with Gasteiger partial charge in [0.05, 0.1) is 11.4 Å². The number of piperidine rings is 2. The van der Waals surface area contributed by atoms with Crippen molar-refractivity contribution in [2.45, 2.75) is 171 Å². The third-order valence-electron chi connectivity index (χ3n) is 29.8. The highest BCUT2D eigenvalue weighted by atomic mass is 15.2. The van der Waals surface area contributed by atoms with Crippen LogP contribution in [0.4, 0.5) is 39.8 Å². The summed E-state index contributed by atoms with van der Waals surface area (Å²) in [5.74, 6) is 3.76. The van der Waals surface area contributed by atoms with Crippen molar-refractivity contribution in [3.63, 3.8) is 0 Å². The molecule has 4 aliphatic heterocycles. The molecule has 4 heterocycles. The third-order valence-corrected chi connectivity index (χ3v) is 29.8. The van der Waals surface area contributed by atoms with Crippen LogP contribution in [0.1, 0.15) is 168 Å². The van der Waals surface area contributed by atoms with Crippen LogP contribution in [0, 0.1) is 51.8 Å². The lowest BCUT2D eigenvalue weighted by Gasteiger charge is -2.58. The maximum atomic E-state index is 3.00. The van der Waals surface area contributed by atoms with E-state index < -0.39 is 0 Å². The lowest BCUT2D eigenvalue weighted by Crippen LogP contribution is -2.62. The monoisotopic (exact) mass is 1490 g/mol. The predicted octanol–water partition coefficient (Wildman–Crippen LogP) is 27.4. The fourth-order valence-electron chi connectivity index (χ4n) is 24.2. The summed E-state index contributed by atoms with van der Waals surface area (Å²) in [6.45, 7) is 29.2. The van der Waals surface area contributed by atoms with Gasteiger partial charge in [0.15, 0.2) is 0 Å². The molecule has 115 heavy (non-hydrogen) atoms. The number of nitrogens with zero attached hydrogens (tertiary/aromatic N) is 3. The van der Waals surface area contributed by atoms with Crippen LogP contribution < -0.4 is 31.1 Å². The zero-order valence-corrected chi connectivity index (χ0v) is 69.5. The van der Waals surface area contributed by atoms with Crippen LogP contribution in [0.5, 0.6) is 0 Å². The molecule has 0 spiro atoms. The first-order valence-electron chi connectivity index (χ1n) is 43.8. The molecule has 4 fully saturated rings. The molecule has 2 saturated carbocycles. The topological polar surface area (TPSA) is 9.72 Å². The minimum atomic E-state index is -0.225. The zero-order chi connectivity index (χ0) is 78.0. The molecule has 4 bridgehead atoms. The van der Waals surface area contributed by atoms with Crippen LogP contribution in [0.2, 0.25) is 0 Å². The van der Waals surface area contributed by atoms with Gasteiger partial charge in [-0.25, -0.2) is 0 Å². The summed E-state index contributed by atoms with van der Waals surface area (Å²) in [5.41, 5.74) is 41.5. The Bertz CT molecular complexity index is 5930. The number of benzene rings is 11. The standard InChI is InChI=1S/C111H108BN3/c1-108(2,3)80-52-74-39-41-76-54-82(110(7,8)9)62-93-91(58-78(56-80)101(74)103(76)93)72-43-45-97-95(60-72)112-96-61-73(92-59-79-57-81(109(4,5)6)53-75-40-42-77-55-83(111(10,11)12)63-94(92)104(77)102(75)79)44-46-98(96)115(107-89(70-31-21-15-22-32-70)37-26-38-90(107)71-33-23-16-24-34-71)100-65-86(113-84-48-66-47-67(50-84)51-85(113)49-66)64-99(105(100)112)114(97)106-87(68-27-17-13-18-28-68)35-25-36-88(106)69-29-19-14-20-30-69/h13-39,41,43-46,54-56,58-67,74-75,81,84-85,101,103H,40,42,47-53,57H2,1-12H3. The second-order valence-electron chi connectivity index (χ2n) is 40.7. The number of allylic oxidation sites excluding steroid dienone is 12. The highest BCUT2D eigenvalue weighted by molar-refractivity contribution is 7.00. The number of fused-ring (bicyclic) bond motifs is 4. The molecule has 4 heteroatoms. The van der Waals surface area contributed by atoms with Gasteiger partial charge >= 0.3 is 0 Å². The first-order valence-corrected chi connectivity index (χ1v) is 43.8. The fraction of sp³-hybridized carbons (Fsp3) is 0.315. The first-order chi connectivity index (χ1) is 55.5. The van der Waals surface area contributed by atoms with Crippen molar-refractivity contribution in [3.8, 4) is 55.6 Å². The van der Waals surface area contributed by atoms with Crippen LogP contribution in [0.25, 0.3) is 72.0 Å². The molecule has 11 aromatic carbocycles. The Hall–Kier alpha value is -10.4. The SMILES string of the molecule is CC(C)(C)C1=CC2=C(c3ccc4c(c3)B3c5cc(-c6cc7c8c9c(cc(C(C)(C)C)cc69)CCC8CC(C(C)(C)C)C7)ccc5N(c5c(-c6ccccc6)cccc5-c5ccccc5)c5cc(N6C7CC8CC(C7)CC6C8)cc(c53)N4c3c(-c4ccccc4)cccc3-c3ccccc3)C=C3C=C(C(C)(C)C)CC4C=CC(=C1)C2C34. The van der Waals surface area contributed by atoms with Gasteiger partial charge in [-0.05, 0) is 262 Å². The molecule has 0 amide bonds. The number of anilines is 7. The maximum absolute atomic E-state index is 3.00. The Kier molecular flexibility index (Phi) is 16.1. The van der Waals surface area contributed by atoms with Crippen molar-refractivity contribution in [3.05, 3.63) is 317 Å². The van der Waals surface area contributed by atoms with E-state index in [0.717, 1.165) is 31.1 Å². The lowest BCUT2D eigenvalue weighted by molar-refractivity contribution is 0.0900. The second kappa shape index (κ2) is 26.0. The third kappa shape index (κ3) is 11.4. The summed E-state index contributed by atoms with van der Waals surface area (Å²) in [6, 6.07) is 90.3. The van der Waals surface area contributed by atoms with E-state index in [9.17, 15) is 0 Å². The summed E-state index contributed by atoms with van der Waals surface area (Å²) in [6.07, 6.45) is 28.0. The number of rotatable bonds is 9. The molecule has 8 aliphatic carbocycles. The molecule has 0 N–H and O–H groups in total. The van der Waals surface area contributed by atoms with Crippen molar-refractivity contribution in [1.82, 2.24) is 0 Å². The van der Waals surface area contributed by atoms with Crippen molar-refractivity contribution in [2.24, 2.45) is 51.8 Å². The predicted molar refractivity (Wildman–Crippen MR) is 489 cm³/mol. The van der Waals surface area contributed by atoms with Gasteiger partial charge in [-0.3, -0.25) is 0 Å². The maximum Gasteiger partial charge on any atom is 0.252 e. The van der Waals surface area contributed by atoms with Gasteiger partial charge in [-0.2, -0.15) is 0 Å². The minimum absolute atomic E-state index is 0.0354. The number of hydrogen-bond acceptors (Lipinski definition) is 3. The Balaban J connectivity index is 0.900.